The molecule has 106 valence electrons. The maximum Gasteiger partial charge on any atom is 0.162 e. The Morgan fingerprint density at radius 3 is 2.90 bits per heavy atom. The maximum atomic E-state index is 6.24. The Morgan fingerprint density at radius 2 is 2.20 bits per heavy atom. The third-order valence-corrected chi connectivity index (χ3v) is 3.93. The van der Waals surface area contributed by atoms with E-state index in [1.807, 2.05) is 23.3 Å². The smallest absolute Gasteiger partial charge is 0.162 e. The van der Waals surface area contributed by atoms with Crippen LogP contribution < -0.4 is 5.73 Å². The Kier molecular flexibility index (Phi) is 3.09. The van der Waals surface area contributed by atoms with Crippen LogP contribution >= 0.6 is 0 Å². The van der Waals surface area contributed by atoms with Gasteiger partial charge < -0.3 is 5.73 Å². The van der Waals surface area contributed by atoms with Gasteiger partial charge in [0.1, 0.15) is 0 Å². The van der Waals surface area contributed by atoms with E-state index in [0.717, 1.165) is 42.0 Å². The summed E-state index contributed by atoms with van der Waals surface area (Å²) in [6, 6.07) is 0.0427. The topological polar surface area (TPSA) is 69.6 Å². The fourth-order valence-electron chi connectivity index (χ4n) is 2.90. The fourth-order valence-corrected chi connectivity index (χ4v) is 2.90. The van der Waals surface area contributed by atoms with Gasteiger partial charge in [-0.1, -0.05) is 13.8 Å². The maximum absolute atomic E-state index is 6.24. The van der Waals surface area contributed by atoms with Crippen LogP contribution in [0.1, 0.15) is 44.5 Å². The van der Waals surface area contributed by atoms with Gasteiger partial charge in [0.15, 0.2) is 5.82 Å². The third-order valence-electron chi connectivity index (χ3n) is 3.93. The Morgan fingerprint density at radius 1 is 1.40 bits per heavy atom. The van der Waals surface area contributed by atoms with Crippen molar-refractivity contribution in [2.24, 2.45) is 11.1 Å². The van der Waals surface area contributed by atoms with Crippen LogP contribution in [0.5, 0.6) is 0 Å². The number of hydrogen-bond acceptors (Lipinski definition) is 4. The molecule has 1 unspecified atom stereocenters. The number of aryl methyl sites for hydroxylation is 1. The highest BCUT2D eigenvalue weighted by atomic mass is 15.3. The SMILES string of the molecule is CCn1cc(-c2ncc3c(n2)CC(C)(C)CC3N)cn1. The molecule has 2 aromatic rings. The second kappa shape index (κ2) is 4.66. The molecule has 0 fully saturated rings. The predicted molar refractivity (Wildman–Crippen MR) is 78.0 cm³/mol. The number of aromatic nitrogens is 4. The molecular formula is C15H21N5. The first-order valence-corrected chi connectivity index (χ1v) is 7.13. The number of rotatable bonds is 2. The molecule has 2 N–H and O–H groups in total. The van der Waals surface area contributed by atoms with E-state index in [4.69, 9.17) is 10.7 Å². The van der Waals surface area contributed by atoms with Gasteiger partial charge in [-0.3, -0.25) is 4.68 Å². The molecular weight excluding hydrogens is 250 g/mol. The molecule has 1 atom stereocenters. The molecule has 2 heterocycles. The summed E-state index contributed by atoms with van der Waals surface area (Å²) in [5.74, 6) is 0.744. The summed E-state index contributed by atoms with van der Waals surface area (Å²) in [5, 5.41) is 4.28. The van der Waals surface area contributed by atoms with Crippen molar-refractivity contribution in [3.63, 3.8) is 0 Å². The quantitative estimate of drug-likeness (QED) is 0.910. The van der Waals surface area contributed by atoms with Crippen molar-refractivity contribution in [2.45, 2.75) is 46.2 Å². The van der Waals surface area contributed by atoms with Crippen LogP contribution in [0.2, 0.25) is 0 Å². The standard InChI is InChI=1S/C15H21N5/c1-4-20-9-10(7-18-20)14-17-8-11-12(16)5-15(2,3)6-13(11)19-14/h7-9,12H,4-6,16H2,1-3H3. The summed E-state index contributed by atoms with van der Waals surface area (Å²) in [6.07, 6.45) is 7.62. The fraction of sp³-hybridized carbons (Fsp3) is 0.533. The highest BCUT2D eigenvalue weighted by Crippen LogP contribution is 2.38. The van der Waals surface area contributed by atoms with Crippen molar-refractivity contribution >= 4 is 0 Å². The molecule has 3 rings (SSSR count). The van der Waals surface area contributed by atoms with Gasteiger partial charge in [-0.05, 0) is 25.2 Å². The van der Waals surface area contributed by atoms with E-state index in [2.05, 4.69) is 30.9 Å². The molecule has 0 spiro atoms. The lowest BCUT2D eigenvalue weighted by molar-refractivity contribution is 0.278. The summed E-state index contributed by atoms with van der Waals surface area (Å²) < 4.78 is 1.88. The second-order valence-corrected chi connectivity index (χ2v) is 6.33. The van der Waals surface area contributed by atoms with Gasteiger partial charge in [0.2, 0.25) is 0 Å². The van der Waals surface area contributed by atoms with E-state index in [1.165, 1.54) is 0 Å². The number of nitrogens with two attached hydrogens (primary N) is 1. The molecule has 0 saturated carbocycles. The lowest BCUT2D eigenvalue weighted by Crippen LogP contribution is -2.30. The molecule has 0 aromatic carbocycles. The van der Waals surface area contributed by atoms with Gasteiger partial charge in [0, 0.05) is 36.2 Å². The average Bonchev–Trinajstić information content (AvgIpc) is 2.85. The van der Waals surface area contributed by atoms with E-state index in [-0.39, 0.29) is 11.5 Å². The predicted octanol–water partition coefficient (Wildman–Crippen LogP) is 2.33. The average molecular weight is 271 g/mol. The normalized spacial score (nSPS) is 20.7. The number of nitrogens with zero attached hydrogens (tertiary/aromatic N) is 4. The van der Waals surface area contributed by atoms with Crippen LogP contribution in [-0.2, 0) is 13.0 Å². The Balaban J connectivity index is 2.00. The molecule has 5 heteroatoms. The Bertz CT molecular complexity index is 629. The summed E-state index contributed by atoms with van der Waals surface area (Å²) >= 11 is 0. The summed E-state index contributed by atoms with van der Waals surface area (Å²) in [5.41, 5.74) is 9.58. The van der Waals surface area contributed by atoms with Crippen molar-refractivity contribution < 1.29 is 0 Å². The van der Waals surface area contributed by atoms with E-state index in [1.54, 1.807) is 0 Å². The van der Waals surface area contributed by atoms with Gasteiger partial charge in [0.05, 0.1) is 11.8 Å². The lowest BCUT2D eigenvalue weighted by Gasteiger charge is -2.34. The van der Waals surface area contributed by atoms with Crippen LogP contribution in [-0.4, -0.2) is 19.7 Å². The van der Waals surface area contributed by atoms with Gasteiger partial charge >= 0.3 is 0 Å². The van der Waals surface area contributed by atoms with Crippen molar-refractivity contribution in [3.8, 4) is 11.4 Å². The lowest BCUT2D eigenvalue weighted by atomic mass is 9.74. The second-order valence-electron chi connectivity index (χ2n) is 6.33. The monoisotopic (exact) mass is 271 g/mol. The van der Waals surface area contributed by atoms with Gasteiger partial charge in [-0.2, -0.15) is 5.10 Å². The zero-order valence-electron chi connectivity index (χ0n) is 12.3. The molecule has 5 nitrogen and oxygen atoms in total. The molecule has 0 aliphatic heterocycles. The minimum absolute atomic E-state index is 0.0427. The molecule has 0 radical (unpaired) electrons. The molecule has 1 aliphatic rings. The highest BCUT2D eigenvalue weighted by molar-refractivity contribution is 5.52. The van der Waals surface area contributed by atoms with E-state index >= 15 is 0 Å². The molecule has 1 aliphatic carbocycles. The van der Waals surface area contributed by atoms with Crippen LogP contribution in [0.4, 0.5) is 0 Å². The van der Waals surface area contributed by atoms with Gasteiger partial charge in [-0.15, -0.1) is 0 Å². The van der Waals surface area contributed by atoms with E-state index < -0.39 is 0 Å². The van der Waals surface area contributed by atoms with Crippen LogP contribution in [0.25, 0.3) is 11.4 Å². The first-order valence-electron chi connectivity index (χ1n) is 7.13. The molecule has 0 bridgehead atoms. The van der Waals surface area contributed by atoms with Gasteiger partial charge in [-0.25, -0.2) is 9.97 Å². The zero-order chi connectivity index (χ0) is 14.3. The number of hydrogen-bond donors (Lipinski definition) is 1. The van der Waals surface area contributed by atoms with Crippen LogP contribution in [0.15, 0.2) is 18.6 Å². The van der Waals surface area contributed by atoms with Crippen molar-refractivity contribution in [1.29, 1.82) is 0 Å². The van der Waals surface area contributed by atoms with E-state index in [0.29, 0.717) is 0 Å². The highest BCUT2D eigenvalue weighted by Gasteiger charge is 2.31. The van der Waals surface area contributed by atoms with Crippen LogP contribution in [0.3, 0.4) is 0 Å². The molecule has 2 aromatic heterocycles. The minimum Gasteiger partial charge on any atom is -0.324 e. The van der Waals surface area contributed by atoms with Gasteiger partial charge in [0.25, 0.3) is 0 Å². The van der Waals surface area contributed by atoms with Crippen molar-refractivity contribution in [3.05, 3.63) is 29.8 Å². The molecule has 0 amide bonds. The van der Waals surface area contributed by atoms with E-state index in [9.17, 15) is 0 Å². The number of fused-ring (bicyclic) bond motifs is 1. The van der Waals surface area contributed by atoms with Crippen molar-refractivity contribution in [2.75, 3.05) is 0 Å². The minimum atomic E-state index is 0.0427. The molecule has 20 heavy (non-hydrogen) atoms. The zero-order valence-corrected chi connectivity index (χ0v) is 12.3. The van der Waals surface area contributed by atoms with Crippen LogP contribution in [0, 0.1) is 5.41 Å². The van der Waals surface area contributed by atoms with Crippen molar-refractivity contribution in [1.82, 2.24) is 19.7 Å². The Labute approximate surface area is 119 Å². The largest absolute Gasteiger partial charge is 0.324 e. The molecule has 0 saturated heterocycles. The Hall–Kier alpha value is -1.75. The summed E-state index contributed by atoms with van der Waals surface area (Å²) in [4.78, 5) is 9.20. The third kappa shape index (κ3) is 2.33. The first kappa shape index (κ1) is 13.2. The summed E-state index contributed by atoms with van der Waals surface area (Å²) in [6.45, 7) is 7.40. The first-order chi connectivity index (χ1) is 9.48. The summed E-state index contributed by atoms with van der Waals surface area (Å²) in [7, 11) is 0.